The average molecular weight is 355 g/mol. The van der Waals surface area contributed by atoms with Crippen LogP contribution in [0.25, 0.3) is 0 Å². The van der Waals surface area contributed by atoms with Crippen molar-refractivity contribution in [2.45, 2.75) is 37.8 Å². The summed E-state index contributed by atoms with van der Waals surface area (Å²) in [5.41, 5.74) is 6.76. The fraction of sp³-hybridized carbons (Fsp3) is 0.588. The van der Waals surface area contributed by atoms with E-state index in [0.717, 1.165) is 25.1 Å². The Morgan fingerprint density at radius 3 is 2.96 bits per heavy atom. The number of hydrazine groups is 1. The third kappa shape index (κ3) is 3.57. The normalized spacial score (nSPS) is 26.9. The van der Waals surface area contributed by atoms with Gasteiger partial charge >= 0.3 is 0 Å². The zero-order valence-corrected chi connectivity index (χ0v) is 14.7. The molecule has 1 aromatic rings. The van der Waals surface area contributed by atoms with Crippen LogP contribution >= 0.6 is 11.6 Å². The number of benzene rings is 1. The molecule has 1 amide bonds. The molecule has 5 nitrogen and oxygen atoms in total. The molecule has 4 N–H and O–H groups in total. The molecule has 2 saturated heterocycles. The van der Waals surface area contributed by atoms with Crippen molar-refractivity contribution >= 4 is 17.5 Å². The van der Waals surface area contributed by atoms with E-state index in [2.05, 4.69) is 21.5 Å². The van der Waals surface area contributed by atoms with Gasteiger partial charge in [-0.25, -0.2) is 9.82 Å². The first-order valence-corrected chi connectivity index (χ1v) is 8.71. The maximum absolute atomic E-state index is 13.2. The van der Waals surface area contributed by atoms with Crippen LogP contribution < -0.4 is 21.5 Å². The minimum Gasteiger partial charge on any atom is -0.354 e. The predicted octanol–water partition coefficient (Wildman–Crippen LogP) is 1.33. The van der Waals surface area contributed by atoms with Crippen LogP contribution in [-0.4, -0.2) is 37.6 Å². The van der Waals surface area contributed by atoms with Gasteiger partial charge in [0.15, 0.2) is 0 Å². The second-order valence-electron chi connectivity index (χ2n) is 7.26. The molecule has 3 unspecified atom stereocenters. The van der Waals surface area contributed by atoms with Gasteiger partial charge in [-0.15, -0.1) is 0 Å². The van der Waals surface area contributed by atoms with Crippen LogP contribution in [0, 0.1) is 11.7 Å². The third-order valence-electron chi connectivity index (χ3n) is 5.03. The Balaban J connectivity index is 1.63. The van der Waals surface area contributed by atoms with Crippen LogP contribution in [0.3, 0.4) is 0 Å². The van der Waals surface area contributed by atoms with Gasteiger partial charge in [-0.05, 0) is 30.7 Å². The van der Waals surface area contributed by atoms with Crippen LogP contribution in [0.15, 0.2) is 18.2 Å². The molecule has 7 heteroatoms. The Morgan fingerprint density at radius 1 is 1.42 bits per heavy atom. The van der Waals surface area contributed by atoms with Crippen molar-refractivity contribution in [3.8, 4) is 0 Å². The first kappa shape index (κ1) is 17.6. The van der Waals surface area contributed by atoms with E-state index in [-0.39, 0.29) is 23.7 Å². The number of nitrogens with one attached hydrogen (secondary N) is 4. The van der Waals surface area contributed by atoms with E-state index in [0.29, 0.717) is 17.6 Å². The first-order valence-electron chi connectivity index (χ1n) is 8.33. The molecule has 0 spiro atoms. The highest BCUT2D eigenvalue weighted by atomic mass is 35.5. The van der Waals surface area contributed by atoms with Gasteiger partial charge in [0.25, 0.3) is 0 Å². The molecule has 3 rings (SSSR count). The van der Waals surface area contributed by atoms with Gasteiger partial charge in [-0.1, -0.05) is 31.5 Å². The lowest BCUT2D eigenvalue weighted by Crippen LogP contribution is -2.51. The summed E-state index contributed by atoms with van der Waals surface area (Å²) in [5, 5.41) is 6.74. The van der Waals surface area contributed by atoms with Crippen molar-refractivity contribution in [3.05, 3.63) is 34.6 Å². The summed E-state index contributed by atoms with van der Waals surface area (Å²) in [6, 6.07) is 4.47. The van der Waals surface area contributed by atoms with Gasteiger partial charge in [0, 0.05) is 35.5 Å². The zero-order chi connectivity index (χ0) is 17.3. The van der Waals surface area contributed by atoms with Gasteiger partial charge in [-0.3, -0.25) is 10.2 Å². The van der Waals surface area contributed by atoms with E-state index in [4.69, 9.17) is 11.6 Å². The molecule has 24 heavy (non-hydrogen) atoms. The first-order chi connectivity index (χ1) is 11.4. The van der Waals surface area contributed by atoms with E-state index in [9.17, 15) is 9.18 Å². The molecule has 2 aliphatic rings. The Kier molecular flexibility index (Phi) is 5.11. The molecule has 0 aliphatic carbocycles. The van der Waals surface area contributed by atoms with Crippen molar-refractivity contribution < 1.29 is 9.18 Å². The number of piperidine rings is 1. The van der Waals surface area contributed by atoms with Gasteiger partial charge in [0.05, 0.1) is 0 Å². The van der Waals surface area contributed by atoms with Gasteiger partial charge < -0.3 is 10.6 Å². The largest absolute Gasteiger partial charge is 0.354 e. The van der Waals surface area contributed by atoms with Gasteiger partial charge in [0.1, 0.15) is 11.9 Å². The molecule has 132 valence electrons. The number of carbonyl (C=O) groups is 1. The molecule has 2 heterocycles. The van der Waals surface area contributed by atoms with Crippen molar-refractivity contribution in [3.63, 3.8) is 0 Å². The Hall–Kier alpha value is -1.21. The molecule has 2 aliphatic heterocycles. The average Bonchev–Trinajstić information content (AvgIpc) is 2.96. The van der Waals surface area contributed by atoms with Crippen molar-refractivity contribution in [1.82, 2.24) is 21.5 Å². The van der Waals surface area contributed by atoms with Crippen LogP contribution in [0.5, 0.6) is 0 Å². The van der Waals surface area contributed by atoms with Crippen LogP contribution in [0.2, 0.25) is 5.02 Å². The van der Waals surface area contributed by atoms with Gasteiger partial charge in [-0.2, -0.15) is 0 Å². The molecule has 1 aromatic carbocycles. The number of halogens is 2. The summed E-state index contributed by atoms with van der Waals surface area (Å²) in [5.74, 6) is -0.137. The quantitative estimate of drug-likeness (QED) is 0.658. The second-order valence-corrected chi connectivity index (χ2v) is 7.66. The second kappa shape index (κ2) is 6.96. The van der Waals surface area contributed by atoms with E-state index >= 15 is 0 Å². The summed E-state index contributed by atoms with van der Waals surface area (Å²) in [6.45, 7) is 6.20. The third-order valence-corrected chi connectivity index (χ3v) is 5.34. The Bertz CT molecular complexity index is 625. The summed E-state index contributed by atoms with van der Waals surface area (Å²) in [7, 11) is 0. The molecule has 0 radical (unpaired) electrons. The highest BCUT2D eigenvalue weighted by Crippen LogP contribution is 2.30. The smallest absolute Gasteiger partial charge is 0.238 e. The number of rotatable bonds is 4. The van der Waals surface area contributed by atoms with Crippen molar-refractivity contribution in [2.24, 2.45) is 5.92 Å². The fourth-order valence-electron chi connectivity index (χ4n) is 3.53. The molecular weight excluding hydrogens is 331 g/mol. The minimum atomic E-state index is -0.392. The van der Waals surface area contributed by atoms with Crippen molar-refractivity contribution in [1.29, 1.82) is 0 Å². The number of carbonyl (C=O) groups excluding carboxylic acids is 1. The molecule has 0 aromatic heterocycles. The van der Waals surface area contributed by atoms with E-state index in [1.54, 1.807) is 6.07 Å². The zero-order valence-electron chi connectivity index (χ0n) is 14.0. The number of amides is 1. The highest BCUT2D eigenvalue weighted by molar-refractivity contribution is 6.31. The lowest BCUT2D eigenvalue weighted by atomic mass is 9.84. The maximum atomic E-state index is 13.2. The summed E-state index contributed by atoms with van der Waals surface area (Å²) >= 11 is 6.16. The highest BCUT2D eigenvalue weighted by Gasteiger charge is 2.41. The molecule has 0 saturated carbocycles. The molecule has 3 atom stereocenters. The van der Waals surface area contributed by atoms with E-state index < -0.39 is 5.41 Å². The standard InChI is InChI=1S/C17H24ClFN4O/c1-17(2,12-4-3-10(19)7-13(12)18)9-21-16(24)15-11-8-20-6-5-14(11)22-23-15/h3-4,7,11,14-15,20,22-23H,5-6,8-9H2,1-2H3,(H,21,24). The van der Waals surface area contributed by atoms with E-state index in [1.807, 2.05) is 13.8 Å². The summed E-state index contributed by atoms with van der Waals surface area (Å²) < 4.78 is 13.2. The molecular formula is C17H24ClFN4O. The Morgan fingerprint density at radius 2 is 2.21 bits per heavy atom. The number of hydrogen-bond donors (Lipinski definition) is 4. The maximum Gasteiger partial charge on any atom is 0.238 e. The van der Waals surface area contributed by atoms with E-state index in [1.165, 1.54) is 12.1 Å². The lowest BCUT2D eigenvalue weighted by Gasteiger charge is -2.30. The lowest BCUT2D eigenvalue weighted by molar-refractivity contribution is -0.124. The fourth-order valence-corrected chi connectivity index (χ4v) is 3.95. The molecule has 2 fully saturated rings. The molecule has 0 bridgehead atoms. The summed E-state index contributed by atoms with van der Waals surface area (Å²) in [4.78, 5) is 12.6. The minimum absolute atomic E-state index is 0.0231. The SMILES string of the molecule is CC(C)(CNC(=O)C1NNC2CCNCC21)c1ccc(F)cc1Cl. The van der Waals surface area contributed by atoms with Crippen molar-refractivity contribution in [2.75, 3.05) is 19.6 Å². The number of fused-ring (bicyclic) bond motifs is 1. The summed E-state index contributed by atoms with van der Waals surface area (Å²) in [6.07, 6.45) is 1.01. The van der Waals surface area contributed by atoms with Crippen LogP contribution in [0.1, 0.15) is 25.8 Å². The number of hydrogen-bond acceptors (Lipinski definition) is 4. The Labute approximate surface area is 146 Å². The monoisotopic (exact) mass is 354 g/mol. The van der Waals surface area contributed by atoms with Crippen LogP contribution in [-0.2, 0) is 10.2 Å². The predicted molar refractivity (Wildman–Crippen MR) is 92.3 cm³/mol. The topological polar surface area (TPSA) is 65.2 Å². The van der Waals surface area contributed by atoms with Gasteiger partial charge in [0.2, 0.25) is 5.91 Å². The van der Waals surface area contributed by atoms with Crippen LogP contribution in [0.4, 0.5) is 4.39 Å².